The zero-order valence-electron chi connectivity index (χ0n) is 15.1. The fraction of sp³-hybridized carbons (Fsp3) is 0.0909. The van der Waals surface area contributed by atoms with Crippen LogP contribution in [-0.2, 0) is 6.42 Å². The Kier molecular flexibility index (Phi) is 5.00. The molecular formula is C22H17ClN2O3. The summed E-state index contributed by atoms with van der Waals surface area (Å²) < 4.78 is 10.9. The molecule has 0 aliphatic heterocycles. The van der Waals surface area contributed by atoms with Crippen molar-refractivity contribution in [3.05, 3.63) is 88.8 Å². The highest BCUT2D eigenvalue weighted by Crippen LogP contribution is 2.25. The van der Waals surface area contributed by atoms with E-state index in [1.54, 1.807) is 18.2 Å². The van der Waals surface area contributed by atoms with E-state index in [1.807, 2.05) is 48.5 Å². The summed E-state index contributed by atoms with van der Waals surface area (Å²) in [4.78, 5) is 16.9. The van der Waals surface area contributed by atoms with Gasteiger partial charge in [-0.05, 0) is 48.0 Å². The van der Waals surface area contributed by atoms with Gasteiger partial charge in [-0.2, -0.15) is 0 Å². The Morgan fingerprint density at radius 1 is 1.11 bits per heavy atom. The van der Waals surface area contributed by atoms with Crippen molar-refractivity contribution in [2.75, 3.05) is 12.4 Å². The van der Waals surface area contributed by atoms with Crippen LogP contribution in [0.3, 0.4) is 0 Å². The molecule has 3 aromatic carbocycles. The fourth-order valence-corrected chi connectivity index (χ4v) is 3.14. The van der Waals surface area contributed by atoms with Gasteiger partial charge in [0, 0.05) is 17.7 Å². The van der Waals surface area contributed by atoms with E-state index in [0.29, 0.717) is 34.3 Å². The molecule has 0 aliphatic rings. The van der Waals surface area contributed by atoms with Crippen molar-refractivity contribution in [3.63, 3.8) is 0 Å². The summed E-state index contributed by atoms with van der Waals surface area (Å²) in [6, 6.07) is 20.2. The van der Waals surface area contributed by atoms with Crippen LogP contribution in [0.1, 0.15) is 21.8 Å². The average Bonchev–Trinajstić information content (AvgIpc) is 3.11. The lowest BCUT2D eigenvalue weighted by atomic mass is 10.1. The molecule has 0 unspecified atom stereocenters. The number of anilines is 1. The van der Waals surface area contributed by atoms with E-state index in [2.05, 4.69) is 10.3 Å². The molecule has 0 fully saturated rings. The normalized spacial score (nSPS) is 10.8. The van der Waals surface area contributed by atoms with E-state index < -0.39 is 0 Å². The summed E-state index contributed by atoms with van der Waals surface area (Å²) in [6.07, 6.45) is 0.580. The van der Waals surface area contributed by atoms with E-state index in [9.17, 15) is 4.79 Å². The number of carbonyl (C=O) groups is 1. The first-order valence-corrected chi connectivity index (χ1v) is 9.08. The van der Waals surface area contributed by atoms with Crippen molar-refractivity contribution in [1.82, 2.24) is 4.98 Å². The maximum absolute atomic E-state index is 12.4. The number of ether oxygens (including phenoxy) is 1. The second-order valence-electron chi connectivity index (χ2n) is 6.25. The van der Waals surface area contributed by atoms with Gasteiger partial charge in [0.15, 0.2) is 11.5 Å². The van der Waals surface area contributed by atoms with Gasteiger partial charge in [0.05, 0.1) is 12.1 Å². The van der Waals surface area contributed by atoms with Crippen LogP contribution in [-0.4, -0.2) is 18.0 Å². The van der Waals surface area contributed by atoms with Gasteiger partial charge in [0.2, 0.25) is 0 Å². The van der Waals surface area contributed by atoms with Gasteiger partial charge in [-0.15, -0.1) is 0 Å². The van der Waals surface area contributed by atoms with E-state index in [0.717, 1.165) is 16.7 Å². The number of nitrogens with zero attached hydrogens (tertiary/aromatic N) is 1. The number of hydrogen-bond donors (Lipinski definition) is 1. The Bertz CT molecular complexity index is 1100. The van der Waals surface area contributed by atoms with Crippen LogP contribution in [0.4, 0.5) is 5.69 Å². The van der Waals surface area contributed by atoms with Crippen LogP contribution in [0, 0.1) is 0 Å². The van der Waals surface area contributed by atoms with Crippen molar-refractivity contribution in [2.45, 2.75) is 6.42 Å². The zero-order valence-corrected chi connectivity index (χ0v) is 15.9. The molecule has 5 nitrogen and oxygen atoms in total. The van der Waals surface area contributed by atoms with Gasteiger partial charge < -0.3 is 14.5 Å². The van der Waals surface area contributed by atoms with Gasteiger partial charge in [-0.25, -0.2) is 4.98 Å². The van der Waals surface area contributed by atoms with Crippen LogP contribution in [0.5, 0.6) is 5.75 Å². The summed E-state index contributed by atoms with van der Waals surface area (Å²) in [5, 5.41) is 3.25. The van der Waals surface area contributed by atoms with Crippen molar-refractivity contribution in [3.8, 4) is 5.75 Å². The van der Waals surface area contributed by atoms with Crippen molar-refractivity contribution in [2.24, 2.45) is 0 Å². The zero-order chi connectivity index (χ0) is 19.5. The lowest BCUT2D eigenvalue weighted by molar-refractivity contribution is 0.102. The monoisotopic (exact) mass is 392 g/mol. The van der Waals surface area contributed by atoms with Gasteiger partial charge in [-0.1, -0.05) is 35.9 Å². The third-order valence-electron chi connectivity index (χ3n) is 4.32. The number of methoxy groups -OCH3 is 1. The topological polar surface area (TPSA) is 64.4 Å². The predicted molar refractivity (Wildman–Crippen MR) is 109 cm³/mol. The van der Waals surface area contributed by atoms with E-state index >= 15 is 0 Å². The summed E-state index contributed by atoms with van der Waals surface area (Å²) >= 11 is 6.08. The number of para-hydroxylation sites is 2. The molecule has 1 N–H and O–H groups in total. The smallest absolute Gasteiger partial charge is 0.255 e. The molecule has 6 heteroatoms. The summed E-state index contributed by atoms with van der Waals surface area (Å²) in [5.41, 5.74) is 3.82. The van der Waals surface area contributed by atoms with Crippen molar-refractivity contribution < 1.29 is 13.9 Å². The highest BCUT2D eigenvalue weighted by atomic mass is 35.5. The Morgan fingerprint density at radius 2 is 1.89 bits per heavy atom. The molecule has 4 rings (SSSR count). The number of carbonyl (C=O) groups excluding carboxylic acids is 1. The lowest BCUT2D eigenvalue weighted by Crippen LogP contribution is -2.11. The summed E-state index contributed by atoms with van der Waals surface area (Å²) in [7, 11) is 1.53. The number of oxazole rings is 1. The highest BCUT2D eigenvalue weighted by molar-refractivity contribution is 6.32. The number of rotatable bonds is 5. The molecule has 0 atom stereocenters. The number of fused-ring (bicyclic) bond motifs is 1. The molecule has 1 heterocycles. The number of benzene rings is 3. The Balaban J connectivity index is 1.44. The second-order valence-corrected chi connectivity index (χ2v) is 6.66. The van der Waals surface area contributed by atoms with Gasteiger partial charge in [-0.3, -0.25) is 4.79 Å². The average molecular weight is 393 g/mol. The number of nitrogens with one attached hydrogen (secondary N) is 1. The molecule has 0 saturated carbocycles. The molecule has 0 spiro atoms. The van der Waals surface area contributed by atoms with E-state index in [-0.39, 0.29) is 5.91 Å². The Morgan fingerprint density at radius 3 is 2.61 bits per heavy atom. The molecule has 0 saturated heterocycles. The quantitative estimate of drug-likeness (QED) is 0.498. The van der Waals surface area contributed by atoms with Crippen LogP contribution in [0.2, 0.25) is 5.02 Å². The number of amides is 1. The first-order chi connectivity index (χ1) is 13.6. The van der Waals surface area contributed by atoms with E-state index in [1.165, 1.54) is 7.11 Å². The minimum Gasteiger partial charge on any atom is -0.495 e. The first kappa shape index (κ1) is 18.1. The standard InChI is InChI=1S/C22H17ClN2O3/c1-27-19-11-8-15(13-17(19)23)22(26)24-16-9-6-14(7-10-16)12-21-25-18-4-2-3-5-20(18)28-21/h2-11,13H,12H2,1H3,(H,24,26). The van der Waals surface area contributed by atoms with Gasteiger partial charge in [0.1, 0.15) is 11.3 Å². The SMILES string of the molecule is COc1ccc(C(=O)Nc2ccc(Cc3nc4ccccc4o3)cc2)cc1Cl. The molecule has 0 radical (unpaired) electrons. The van der Waals surface area contributed by atoms with Crippen LogP contribution in [0.25, 0.3) is 11.1 Å². The second kappa shape index (κ2) is 7.74. The number of aromatic nitrogens is 1. The van der Waals surface area contributed by atoms with E-state index in [4.69, 9.17) is 20.8 Å². The lowest BCUT2D eigenvalue weighted by Gasteiger charge is -2.08. The molecule has 0 bridgehead atoms. The first-order valence-electron chi connectivity index (χ1n) is 8.70. The summed E-state index contributed by atoms with van der Waals surface area (Å²) in [6.45, 7) is 0. The Hall–Kier alpha value is -3.31. The van der Waals surface area contributed by atoms with Crippen LogP contribution in [0.15, 0.2) is 71.1 Å². The molecule has 0 aliphatic carbocycles. The Labute approximate surface area is 166 Å². The maximum atomic E-state index is 12.4. The van der Waals surface area contributed by atoms with Crippen LogP contribution >= 0.6 is 11.6 Å². The minimum absolute atomic E-state index is 0.240. The minimum atomic E-state index is -0.240. The van der Waals surface area contributed by atoms with Crippen molar-refractivity contribution in [1.29, 1.82) is 0 Å². The number of hydrogen-bond acceptors (Lipinski definition) is 4. The third-order valence-corrected chi connectivity index (χ3v) is 4.61. The largest absolute Gasteiger partial charge is 0.495 e. The maximum Gasteiger partial charge on any atom is 0.255 e. The molecule has 1 aromatic heterocycles. The molecule has 28 heavy (non-hydrogen) atoms. The third kappa shape index (κ3) is 3.85. The number of halogens is 1. The van der Waals surface area contributed by atoms with Crippen molar-refractivity contribution >= 4 is 34.3 Å². The highest BCUT2D eigenvalue weighted by Gasteiger charge is 2.10. The molecule has 1 amide bonds. The summed E-state index contributed by atoms with van der Waals surface area (Å²) in [5.74, 6) is 0.948. The molecular weight excluding hydrogens is 376 g/mol. The molecule has 140 valence electrons. The molecule has 4 aromatic rings. The van der Waals surface area contributed by atoms with Crippen LogP contribution < -0.4 is 10.1 Å². The predicted octanol–water partition coefficient (Wildman–Crippen LogP) is 5.33. The van der Waals surface area contributed by atoms with Gasteiger partial charge in [0.25, 0.3) is 5.91 Å². The van der Waals surface area contributed by atoms with Gasteiger partial charge >= 0.3 is 0 Å². The fourth-order valence-electron chi connectivity index (χ4n) is 2.89.